The second-order valence-corrected chi connectivity index (χ2v) is 10.1. The van der Waals surface area contributed by atoms with E-state index in [0.717, 1.165) is 40.9 Å². The fourth-order valence-electron chi connectivity index (χ4n) is 6.00. The molecule has 0 spiro atoms. The van der Waals surface area contributed by atoms with Crippen LogP contribution in [0.5, 0.6) is 0 Å². The highest BCUT2D eigenvalue weighted by Gasteiger charge is 2.23. The minimum absolute atomic E-state index is 0.0880. The van der Waals surface area contributed by atoms with Gasteiger partial charge in [0, 0.05) is 60.7 Å². The molecule has 0 radical (unpaired) electrons. The third-order valence-corrected chi connectivity index (χ3v) is 7.82. The quantitative estimate of drug-likeness (QED) is 0.236. The van der Waals surface area contributed by atoms with Crippen molar-refractivity contribution < 1.29 is 4.74 Å². The molecule has 0 aliphatic rings. The number of ether oxygens (including phenoxy) is 1. The van der Waals surface area contributed by atoms with E-state index in [1.807, 2.05) is 35.8 Å². The topological polar surface area (TPSA) is 79.8 Å². The molecule has 0 N–H and O–H groups in total. The molecule has 7 aromatic rings. The van der Waals surface area contributed by atoms with Crippen LogP contribution >= 0.6 is 0 Å². The summed E-state index contributed by atoms with van der Waals surface area (Å²) in [5, 5.41) is 2.85. The summed E-state index contributed by atoms with van der Waals surface area (Å²) < 4.78 is 11.4. The van der Waals surface area contributed by atoms with Gasteiger partial charge in [0.15, 0.2) is 11.3 Å². The van der Waals surface area contributed by atoms with Crippen molar-refractivity contribution in [1.82, 2.24) is 28.7 Å². The average molecular weight is 531 g/mol. The zero-order chi connectivity index (χ0) is 27.4. The van der Waals surface area contributed by atoms with Crippen LogP contribution in [0.2, 0.25) is 0 Å². The van der Waals surface area contributed by atoms with E-state index >= 15 is 0 Å². The van der Waals surface area contributed by atoms with Crippen molar-refractivity contribution in [1.29, 1.82) is 0 Å². The van der Waals surface area contributed by atoms with Crippen molar-refractivity contribution in [2.24, 2.45) is 0 Å². The van der Waals surface area contributed by atoms with E-state index in [4.69, 9.17) is 19.7 Å². The molecule has 4 aromatic heterocycles. The minimum Gasteiger partial charge on any atom is -0.385 e. The van der Waals surface area contributed by atoms with Gasteiger partial charge in [0.1, 0.15) is 16.7 Å². The monoisotopic (exact) mass is 530 g/mol. The largest absolute Gasteiger partial charge is 0.385 e. The van der Waals surface area contributed by atoms with Crippen LogP contribution in [-0.4, -0.2) is 42.4 Å². The molecule has 0 amide bonds. The molecular formula is C32H30N6O2. The Morgan fingerprint density at radius 1 is 0.800 bits per heavy atom. The highest BCUT2D eigenvalue weighted by Crippen LogP contribution is 2.34. The second kappa shape index (κ2) is 9.57. The molecule has 7 rings (SSSR count). The van der Waals surface area contributed by atoms with E-state index in [-0.39, 0.29) is 5.56 Å². The summed E-state index contributed by atoms with van der Waals surface area (Å²) in [6.07, 6.45) is 1.35. The molecule has 200 valence electrons. The van der Waals surface area contributed by atoms with Crippen molar-refractivity contribution in [3.05, 3.63) is 82.9 Å². The lowest BCUT2D eigenvalue weighted by Gasteiger charge is -2.12. The van der Waals surface area contributed by atoms with Crippen LogP contribution in [0.15, 0.2) is 71.5 Å². The molecule has 8 heteroatoms. The van der Waals surface area contributed by atoms with Gasteiger partial charge in [0.05, 0.1) is 11.0 Å². The van der Waals surface area contributed by atoms with Crippen molar-refractivity contribution in [3.8, 4) is 5.69 Å². The Morgan fingerprint density at radius 3 is 2.33 bits per heavy atom. The van der Waals surface area contributed by atoms with Gasteiger partial charge >= 0.3 is 0 Å². The number of rotatable bonds is 7. The minimum atomic E-state index is -0.0880. The van der Waals surface area contributed by atoms with Crippen molar-refractivity contribution in [2.75, 3.05) is 13.7 Å². The van der Waals surface area contributed by atoms with Gasteiger partial charge in [-0.3, -0.25) is 13.9 Å². The fourth-order valence-corrected chi connectivity index (χ4v) is 6.00. The summed E-state index contributed by atoms with van der Waals surface area (Å²) in [5.74, 6) is 0.742. The maximum Gasteiger partial charge on any atom is 0.265 e. The van der Waals surface area contributed by atoms with E-state index in [2.05, 4.69) is 54.0 Å². The predicted octanol–water partition coefficient (Wildman–Crippen LogP) is 6.01. The summed E-state index contributed by atoms with van der Waals surface area (Å²) in [6, 6.07) is 22.7. The molecule has 0 saturated heterocycles. The van der Waals surface area contributed by atoms with E-state index in [0.29, 0.717) is 41.8 Å². The fraction of sp³-hybridized carbons (Fsp3) is 0.250. The van der Waals surface area contributed by atoms with Gasteiger partial charge in [-0.1, -0.05) is 37.3 Å². The molecule has 8 nitrogen and oxygen atoms in total. The molecule has 4 heterocycles. The van der Waals surface area contributed by atoms with E-state index < -0.39 is 0 Å². The molecule has 40 heavy (non-hydrogen) atoms. The van der Waals surface area contributed by atoms with Crippen molar-refractivity contribution >= 4 is 55.0 Å². The first-order valence-electron chi connectivity index (χ1n) is 13.9. The first kappa shape index (κ1) is 24.5. The first-order valence-corrected chi connectivity index (χ1v) is 13.9. The van der Waals surface area contributed by atoms with Crippen molar-refractivity contribution in [2.45, 2.75) is 39.8 Å². The Balaban J connectivity index is 1.60. The van der Waals surface area contributed by atoms with E-state index in [9.17, 15) is 4.79 Å². The number of fused-ring (bicyclic) bond motifs is 7. The summed E-state index contributed by atoms with van der Waals surface area (Å²) in [5.41, 5.74) is 6.52. The Bertz CT molecular complexity index is 2140. The summed E-state index contributed by atoms with van der Waals surface area (Å²) in [6.45, 7) is 6.19. The number of hydrogen-bond acceptors (Lipinski definition) is 5. The standard InChI is InChI=1S/C32H30N6O2/c1-4-27-35-30-28(32(39)37(27)17-10-18-40-3)29-31(34-24-13-8-7-12-23(24)33-29)38(30)20-15-16-26-22(19-20)21-11-6-9-14-25(21)36(26)5-2/h6-9,11-16,19H,4-5,10,17-18H2,1-3H3. The van der Waals surface area contributed by atoms with E-state index in [1.165, 1.54) is 16.4 Å². The smallest absolute Gasteiger partial charge is 0.265 e. The lowest BCUT2D eigenvalue weighted by atomic mass is 10.1. The SMILES string of the molecule is CCc1nc2c(c(=O)n1CCCOC)c1nc3ccccc3nc1n2-c1ccc2c(c1)c1ccccc1n2CC. The Labute approximate surface area is 230 Å². The molecular weight excluding hydrogens is 500 g/mol. The number of benzene rings is 3. The average Bonchev–Trinajstić information content (AvgIpc) is 3.48. The Kier molecular flexibility index (Phi) is 5.86. The zero-order valence-corrected chi connectivity index (χ0v) is 22.9. The molecule has 0 bridgehead atoms. The highest BCUT2D eigenvalue weighted by molar-refractivity contribution is 6.10. The van der Waals surface area contributed by atoms with Crippen LogP contribution in [0.3, 0.4) is 0 Å². The van der Waals surface area contributed by atoms with Crippen molar-refractivity contribution in [3.63, 3.8) is 0 Å². The maximum absolute atomic E-state index is 14.1. The van der Waals surface area contributed by atoms with Gasteiger partial charge in [-0.15, -0.1) is 0 Å². The number of methoxy groups -OCH3 is 1. The molecule has 0 fully saturated rings. The van der Waals surface area contributed by atoms with Gasteiger partial charge in [0.2, 0.25) is 0 Å². The molecule has 0 unspecified atom stereocenters. The number of nitrogens with zero attached hydrogens (tertiary/aromatic N) is 6. The number of aryl methyl sites for hydroxylation is 2. The van der Waals surface area contributed by atoms with Crippen LogP contribution in [0.1, 0.15) is 26.1 Å². The van der Waals surface area contributed by atoms with Gasteiger partial charge in [0.25, 0.3) is 5.56 Å². The molecule has 0 aliphatic heterocycles. The molecule has 3 aromatic carbocycles. The normalized spacial score (nSPS) is 12.1. The van der Waals surface area contributed by atoms with Gasteiger partial charge in [-0.05, 0) is 49.7 Å². The van der Waals surface area contributed by atoms with E-state index in [1.54, 1.807) is 11.7 Å². The molecule has 0 saturated carbocycles. The van der Waals surface area contributed by atoms with Gasteiger partial charge in [-0.25, -0.2) is 15.0 Å². The summed E-state index contributed by atoms with van der Waals surface area (Å²) in [7, 11) is 1.67. The zero-order valence-electron chi connectivity index (χ0n) is 22.9. The van der Waals surface area contributed by atoms with Crippen LogP contribution in [0, 0.1) is 0 Å². The first-order chi connectivity index (χ1) is 19.6. The highest BCUT2D eigenvalue weighted by atomic mass is 16.5. The predicted molar refractivity (Wildman–Crippen MR) is 160 cm³/mol. The third-order valence-electron chi connectivity index (χ3n) is 7.82. The van der Waals surface area contributed by atoms with Crippen LogP contribution in [-0.2, 0) is 24.2 Å². The maximum atomic E-state index is 14.1. The summed E-state index contributed by atoms with van der Waals surface area (Å²) >= 11 is 0. The number of para-hydroxylation sites is 3. The Hall–Kier alpha value is -4.56. The van der Waals surface area contributed by atoms with Gasteiger partial charge < -0.3 is 9.30 Å². The summed E-state index contributed by atoms with van der Waals surface area (Å²) in [4.78, 5) is 29.2. The Morgan fingerprint density at radius 2 is 1.55 bits per heavy atom. The van der Waals surface area contributed by atoms with Crippen LogP contribution < -0.4 is 5.56 Å². The molecule has 0 atom stereocenters. The lowest BCUT2D eigenvalue weighted by molar-refractivity contribution is 0.189. The lowest BCUT2D eigenvalue weighted by Crippen LogP contribution is -2.26. The number of aromatic nitrogens is 6. The molecule has 0 aliphatic carbocycles. The third kappa shape index (κ3) is 3.56. The van der Waals surface area contributed by atoms with Crippen LogP contribution in [0.4, 0.5) is 0 Å². The van der Waals surface area contributed by atoms with Gasteiger partial charge in [-0.2, -0.15) is 0 Å². The van der Waals surface area contributed by atoms with Crippen LogP contribution in [0.25, 0.3) is 60.7 Å². The number of hydrogen-bond donors (Lipinski definition) is 0. The second-order valence-electron chi connectivity index (χ2n) is 10.1.